The fourth-order valence-electron chi connectivity index (χ4n) is 0.621. The molecule has 1 rings (SSSR count). The summed E-state index contributed by atoms with van der Waals surface area (Å²) in [5.41, 5.74) is 0.427. The summed E-state index contributed by atoms with van der Waals surface area (Å²) in [6, 6.07) is 5.07. The molecule has 2 nitrogen and oxygen atoms in total. The molecule has 56 valence electrons. The van der Waals surface area contributed by atoms with Crippen LogP contribution >= 0.6 is 27.5 Å². The van der Waals surface area contributed by atoms with Gasteiger partial charge in [-0.15, -0.1) is 0 Å². The van der Waals surface area contributed by atoms with Crippen LogP contribution in [-0.4, -0.2) is 6.08 Å². The molecule has 0 N–H and O–H groups in total. The van der Waals surface area contributed by atoms with E-state index in [0.29, 0.717) is 10.7 Å². The topological polar surface area (TPSA) is 29.4 Å². The number of halogens is 2. The van der Waals surface area contributed by atoms with Gasteiger partial charge in [0.1, 0.15) is 0 Å². The lowest BCUT2D eigenvalue weighted by Crippen LogP contribution is -1.68. The van der Waals surface area contributed by atoms with Crippen LogP contribution in [-0.2, 0) is 4.79 Å². The van der Waals surface area contributed by atoms with E-state index in [0.717, 1.165) is 4.47 Å². The monoisotopic (exact) mass is 231 g/mol. The number of aliphatic imine (C=N–C) groups is 1. The van der Waals surface area contributed by atoms with Crippen LogP contribution in [0.3, 0.4) is 0 Å². The Hall–Kier alpha value is -0.630. The molecule has 0 radical (unpaired) electrons. The first-order valence-corrected chi connectivity index (χ1v) is 3.94. The smallest absolute Gasteiger partial charge is 0.211 e. The number of hydrogen-bond donors (Lipinski definition) is 0. The largest absolute Gasteiger partial charge is 0.240 e. The number of nitrogens with zero attached hydrogens (tertiary/aromatic N) is 1. The van der Waals surface area contributed by atoms with Gasteiger partial charge >= 0.3 is 0 Å². The van der Waals surface area contributed by atoms with Gasteiger partial charge in [0.05, 0.1) is 10.7 Å². The molecule has 11 heavy (non-hydrogen) atoms. The van der Waals surface area contributed by atoms with Crippen molar-refractivity contribution in [2.45, 2.75) is 0 Å². The summed E-state index contributed by atoms with van der Waals surface area (Å²) < 4.78 is 0.830. The second-order valence-electron chi connectivity index (χ2n) is 1.80. The van der Waals surface area contributed by atoms with Gasteiger partial charge < -0.3 is 0 Å². The first-order valence-electron chi connectivity index (χ1n) is 2.77. The van der Waals surface area contributed by atoms with Crippen LogP contribution in [0.25, 0.3) is 0 Å². The molecule has 0 fully saturated rings. The minimum absolute atomic E-state index is 0.427. The molecule has 0 aliphatic carbocycles. The van der Waals surface area contributed by atoms with Gasteiger partial charge in [0.2, 0.25) is 6.08 Å². The van der Waals surface area contributed by atoms with Gasteiger partial charge in [-0.25, -0.2) is 4.79 Å². The first-order chi connectivity index (χ1) is 5.24. The zero-order chi connectivity index (χ0) is 8.27. The molecule has 0 unspecified atom stereocenters. The van der Waals surface area contributed by atoms with Crippen LogP contribution in [0.15, 0.2) is 27.7 Å². The highest BCUT2D eigenvalue weighted by Crippen LogP contribution is 2.27. The molecule has 0 atom stereocenters. The minimum Gasteiger partial charge on any atom is -0.211 e. The Bertz CT molecular complexity index is 320. The third kappa shape index (κ3) is 2.15. The number of isocyanates is 1. The predicted molar refractivity (Wildman–Crippen MR) is 46.9 cm³/mol. The van der Waals surface area contributed by atoms with Crippen molar-refractivity contribution < 1.29 is 4.79 Å². The summed E-state index contributed by atoms with van der Waals surface area (Å²) in [7, 11) is 0. The quantitative estimate of drug-likeness (QED) is 0.540. The molecule has 1 aromatic carbocycles. The standard InChI is InChI=1S/C7H3BrClNO/c8-5-1-2-6(9)7(3-5)10-4-11/h1-3H. The molecule has 0 aromatic heterocycles. The average Bonchev–Trinajstić information content (AvgIpc) is 1.98. The fraction of sp³-hybridized carbons (Fsp3) is 0. The van der Waals surface area contributed by atoms with E-state index in [1.54, 1.807) is 18.2 Å². The van der Waals surface area contributed by atoms with Crippen LogP contribution in [0.2, 0.25) is 5.02 Å². The maximum Gasteiger partial charge on any atom is 0.240 e. The molecule has 0 heterocycles. The second kappa shape index (κ2) is 3.67. The molecule has 0 aliphatic rings. The second-order valence-corrected chi connectivity index (χ2v) is 3.12. The predicted octanol–water partition coefficient (Wildman–Crippen LogP) is 3.07. The average molecular weight is 232 g/mol. The van der Waals surface area contributed by atoms with Crippen molar-refractivity contribution in [3.63, 3.8) is 0 Å². The van der Waals surface area contributed by atoms with Crippen molar-refractivity contribution in [2.24, 2.45) is 4.99 Å². The van der Waals surface area contributed by atoms with Crippen LogP contribution in [0.5, 0.6) is 0 Å². The highest BCUT2D eigenvalue weighted by Gasteiger charge is 1.97. The van der Waals surface area contributed by atoms with Crippen molar-refractivity contribution >= 4 is 39.3 Å². The lowest BCUT2D eigenvalue weighted by Gasteiger charge is -1.94. The molecular weight excluding hydrogens is 229 g/mol. The number of carbonyl (C=O) groups excluding carboxylic acids is 1. The maximum absolute atomic E-state index is 9.87. The van der Waals surface area contributed by atoms with Crippen LogP contribution in [0, 0.1) is 0 Å². The lowest BCUT2D eigenvalue weighted by molar-refractivity contribution is 0.565. The Labute approximate surface area is 77.0 Å². The van der Waals surface area contributed by atoms with E-state index >= 15 is 0 Å². The summed E-state index contributed by atoms with van der Waals surface area (Å²) >= 11 is 8.90. The highest BCUT2D eigenvalue weighted by atomic mass is 79.9. The normalized spacial score (nSPS) is 8.91. The Morgan fingerprint density at radius 1 is 1.55 bits per heavy atom. The Balaban J connectivity index is 3.22. The van der Waals surface area contributed by atoms with E-state index in [-0.39, 0.29) is 0 Å². The molecular formula is C7H3BrClNO. The van der Waals surface area contributed by atoms with Crippen molar-refractivity contribution in [1.29, 1.82) is 0 Å². The van der Waals surface area contributed by atoms with Gasteiger partial charge in [0, 0.05) is 4.47 Å². The van der Waals surface area contributed by atoms with E-state index in [2.05, 4.69) is 20.9 Å². The number of rotatable bonds is 1. The molecule has 0 amide bonds. The molecule has 1 aromatic rings. The van der Waals surface area contributed by atoms with Gasteiger partial charge in [-0.2, -0.15) is 4.99 Å². The third-order valence-corrected chi connectivity index (χ3v) is 1.89. The highest BCUT2D eigenvalue weighted by molar-refractivity contribution is 9.10. The van der Waals surface area contributed by atoms with E-state index in [1.165, 1.54) is 6.08 Å². The van der Waals surface area contributed by atoms with Crippen LogP contribution in [0.1, 0.15) is 0 Å². The van der Waals surface area contributed by atoms with E-state index < -0.39 is 0 Å². The molecule has 0 saturated heterocycles. The molecule has 4 heteroatoms. The first kappa shape index (κ1) is 8.47. The summed E-state index contributed by atoms with van der Waals surface area (Å²) in [6.07, 6.45) is 1.42. The third-order valence-electron chi connectivity index (χ3n) is 1.07. The van der Waals surface area contributed by atoms with Gasteiger partial charge in [-0.1, -0.05) is 27.5 Å². The fourth-order valence-corrected chi connectivity index (χ4v) is 1.13. The van der Waals surface area contributed by atoms with Gasteiger partial charge in [-0.3, -0.25) is 0 Å². The lowest BCUT2D eigenvalue weighted by atomic mass is 10.3. The van der Waals surface area contributed by atoms with E-state index in [4.69, 9.17) is 11.6 Å². The van der Waals surface area contributed by atoms with Gasteiger partial charge in [0.15, 0.2) is 0 Å². The van der Waals surface area contributed by atoms with E-state index in [1.807, 2.05) is 0 Å². The SMILES string of the molecule is O=C=Nc1cc(Br)ccc1Cl. The Morgan fingerprint density at radius 3 is 2.91 bits per heavy atom. The Kier molecular flexibility index (Phi) is 2.83. The van der Waals surface area contributed by atoms with Crippen LogP contribution in [0.4, 0.5) is 5.69 Å². The maximum atomic E-state index is 9.87. The molecule has 0 spiro atoms. The number of benzene rings is 1. The molecule has 0 bridgehead atoms. The van der Waals surface area contributed by atoms with Crippen LogP contribution < -0.4 is 0 Å². The van der Waals surface area contributed by atoms with Gasteiger partial charge in [-0.05, 0) is 18.2 Å². The summed E-state index contributed by atoms with van der Waals surface area (Å²) in [5.74, 6) is 0. The van der Waals surface area contributed by atoms with Crippen molar-refractivity contribution in [3.05, 3.63) is 27.7 Å². The Morgan fingerprint density at radius 2 is 2.27 bits per heavy atom. The van der Waals surface area contributed by atoms with Gasteiger partial charge in [0.25, 0.3) is 0 Å². The number of hydrogen-bond acceptors (Lipinski definition) is 2. The zero-order valence-electron chi connectivity index (χ0n) is 5.34. The van der Waals surface area contributed by atoms with Crippen molar-refractivity contribution in [3.8, 4) is 0 Å². The molecule has 0 aliphatic heterocycles. The zero-order valence-corrected chi connectivity index (χ0v) is 7.69. The van der Waals surface area contributed by atoms with E-state index in [9.17, 15) is 4.79 Å². The molecule has 0 saturated carbocycles. The van der Waals surface area contributed by atoms with Crippen molar-refractivity contribution in [2.75, 3.05) is 0 Å². The summed E-state index contributed by atoms with van der Waals surface area (Å²) in [4.78, 5) is 13.3. The summed E-state index contributed by atoms with van der Waals surface area (Å²) in [5, 5.41) is 0.441. The van der Waals surface area contributed by atoms with Crippen molar-refractivity contribution in [1.82, 2.24) is 0 Å². The summed E-state index contributed by atoms with van der Waals surface area (Å²) in [6.45, 7) is 0. The minimum atomic E-state index is 0.427.